The van der Waals surface area contributed by atoms with E-state index in [0.29, 0.717) is 34.7 Å². The zero-order chi connectivity index (χ0) is 29.2. The summed E-state index contributed by atoms with van der Waals surface area (Å²) < 4.78 is 10.5. The number of phenolic OH excluding ortho intramolecular Hbond substituents is 1. The first-order chi connectivity index (χ1) is 19.0. The van der Waals surface area contributed by atoms with Gasteiger partial charge in [-0.2, -0.15) is 0 Å². The third kappa shape index (κ3) is 5.57. The number of methoxy groups -OCH3 is 1. The van der Waals surface area contributed by atoms with Gasteiger partial charge in [-0.3, -0.25) is 19.3 Å². The van der Waals surface area contributed by atoms with E-state index in [-0.39, 0.29) is 28.9 Å². The molecule has 0 aliphatic carbocycles. The smallest absolute Gasteiger partial charge is 0.309 e. The van der Waals surface area contributed by atoms with Crippen molar-refractivity contribution < 1.29 is 34.1 Å². The van der Waals surface area contributed by atoms with E-state index in [4.69, 9.17) is 9.47 Å². The number of hydrogen-bond donors (Lipinski definition) is 2. The van der Waals surface area contributed by atoms with E-state index in [1.807, 2.05) is 27.7 Å². The van der Waals surface area contributed by atoms with Crippen LogP contribution >= 0.6 is 0 Å². The van der Waals surface area contributed by atoms with Crippen molar-refractivity contribution in [1.82, 2.24) is 0 Å². The standard InChI is InChI=1S/C32H33NO7/c1-6-40-25-15-12-21(18-24(25)32(2,3)4)29(36)27-28(20-8-7-9-23(34)17-20)33(31(38)30(27)37)22-13-10-19(11-14-22)16-26(35)39-5/h7-15,17-18,28,34,36H,6,16H2,1-5H3/b29-27-. The van der Waals surface area contributed by atoms with Crippen molar-refractivity contribution >= 4 is 29.1 Å². The van der Waals surface area contributed by atoms with Crippen LogP contribution in [-0.4, -0.2) is 41.6 Å². The molecule has 4 rings (SSSR count). The van der Waals surface area contributed by atoms with Crippen LogP contribution in [0, 0.1) is 0 Å². The maximum Gasteiger partial charge on any atom is 0.309 e. The van der Waals surface area contributed by atoms with E-state index < -0.39 is 23.7 Å². The van der Waals surface area contributed by atoms with Gasteiger partial charge in [0.25, 0.3) is 11.7 Å². The Morgan fingerprint density at radius 2 is 1.70 bits per heavy atom. The number of aliphatic hydroxyl groups excluding tert-OH is 1. The lowest BCUT2D eigenvalue weighted by molar-refractivity contribution is -0.139. The third-order valence-corrected chi connectivity index (χ3v) is 6.78. The predicted octanol–water partition coefficient (Wildman–Crippen LogP) is 5.43. The fourth-order valence-electron chi connectivity index (χ4n) is 4.82. The lowest BCUT2D eigenvalue weighted by Gasteiger charge is -2.26. The quantitative estimate of drug-likeness (QED) is 0.177. The van der Waals surface area contributed by atoms with Gasteiger partial charge in [-0.05, 0) is 65.9 Å². The summed E-state index contributed by atoms with van der Waals surface area (Å²) in [5.74, 6) is -1.78. The average molecular weight is 544 g/mol. The first kappa shape index (κ1) is 28.4. The summed E-state index contributed by atoms with van der Waals surface area (Å²) in [4.78, 5) is 40.0. The minimum Gasteiger partial charge on any atom is -0.508 e. The number of nitrogens with zero attached hydrogens (tertiary/aromatic N) is 1. The molecule has 8 heteroatoms. The number of carbonyl (C=O) groups is 3. The highest BCUT2D eigenvalue weighted by Gasteiger charge is 2.47. The molecule has 1 amide bonds. The first-order valence-corrected chi connectivity index (χ1v) is 13.0. The van der Waals surface area contributed by atoms with Crippen LogP contribution in [0.1, 0.15) is 56.0 Å². The molecule has 3 aromatic rings. The molecule has 1 aliphatic heterocycles. The van der Waals surface area contributed by atoms with Gasteiger partial charge in [0.1, 0.15) is 17.3 Å². The number of ketones is 1. The molecule has 1 saturated heterocycles. The Kier molecular flexibility index (Phi) is 8.00. The maximum atomic E-state index is 13.5. The summed E-state index contributed by atoms with van der Waals surface area (Å²) >= 11 is 0. The van der Waals surface area contributed by atoms with E-state index in [0.717, 1.165) is 5.56 Å². The number of phenols is 1. The van der Waals surface area contributed by atoms with Crippen LogP contribution < -0.4 is 9.64 Å². The Labute approximate surface area is 233 Å². The number of anilines is 1. The molecule has 8 nitrogen and oxygen atoms in total. The highest BCUT2D eigenvalue weighted by atomic mass is 16.5. The maximum absolute atomic E-state index is 13.5. The molecule has 1 aliphatic rings. The van der Waals surface area contributed by atoms with Gasteiger partial charge < -0.3 is 19.7 Å². The number of amides is 1. The van der Waals surface area contributed by atoms with Crippen LogP contribution in [0.5, 0.6) is 11.5 Å². The van der Waals surface area contributed by atoms with Gasteiger partial charge in [0.05, 0.1) is 31.8 Å². The number of aromatic hydroxyl groups is 1. The van der Waals surface area contributed by atoms with Crippen molar-refractivity contribution in [3.05, 3.63) is 94.6 Å². The fraction of sp³-hybridized carbons (Fsp3) is 0.281. The molecule has 40 heavy (non-hydrogen) atoms. The minimum atomic E-state index is -1.01. The lowest BCUT2D eigenvalue weighted by Crippen LogP contribution is -2.29. The number of hydrogen-bond acceptors (Lipinski definition) is 7. The number of rotatable bonds is 7. The second-order valence-electron chi connectivity index (χ2n) is 10.6. The van der Waals surface area contributed by atoms with Crippen LogP contribution in [-0.2, 0) is 31.0 Å². The summed E-state index contributed by atoms with van der Waals surface area (Å²) in [7, 11) is 1.31. The Balaban J connectivity index is 1.88. The second-order valence-corrected chi connectivity index (χ2v) is 10.6. The van der Waals surface area contributed by atoms with Gasteiger partial charge in [0, 0.05) is 16.8 Å². The summed E-state index contributed by atoms with van der Waals surface area (Å²) in [5, 5.41) is 21.8. The van der Waals surface area contributed by atoms with Crippen LogP contribution in [0.15, 0.2) is 72.3 Å². The molecule has 2 N–H and O–H groups in total. The zero-order valence-electron chi connectivity index (χ0n) is 23.2. The molecule has 0 saturated carbocycles. The summed E-state index contributed by atoms with van der Waals surface area (Å²) in [5.41, 5.74) is 2.28. The molecule has 0 spiro atoms. The van der Waals surface area contributed by atoms with Crippen molar-refractivity contribution in [3.8, 4) is 11.5 Å². The topological polar surface area (TPSA) is 113 Å². The normalized spacial score (nSPS) is 16.7. The fourth-order valence-corrected chi connectivity index (χ4v) is 4.82. The summed E-state index contributed by atoms with van der Waals surface area (Å²) in [6.07, 6.45) is 0.0550. The second kappa shape index (κ2) is 11.3. The molecular formula is C32H33NO7. The molecule has 0 radical (unpaired) electrons. The van der Waals surface area contributed by atoms with Crippen molar-refractivity contribution in [1.29, 1.82) is 0 Å². The van der Waals surface area contributed by atoms with Crippen molar-refractivity contribution in [2.45, 2.75) is 45.6 Å². The van der Waals surface area contributed by atoms with Gasteiger partial charge in [-0.1, -0.05) is 45.0 Å². The molecule has 3 aromatic carbocycles. The molecule has 1 atom stereocenters. The number of ether oxygens (including phenoxy) is 2. The first-order valence-electron chi connectivity index (χ1n) is 13.0. The van der Waals surface area contributed by atoms with E-state index in [9.17, 15) is 24.6 Å². The van der Waals surface area contributed by atoms with E-state index in [1.165, 1.54) is 24.1 Å². The number of aliphatic hydroxyl groups is 1. The Hall–Kier alpha value is -4.59. The number of esters is 1. The van der Waals surface area contributed by atoms with Gasteiger partial charge in [0.2, 0.25) is 0 Å². The van der Waals surface area contributed by atoms with E-state index >= 15 is 0 Å². The summed E-state index contributed by atoms with van der Waals surface area (Å²) in [6.45, 7) is 8.41. The number of benzene rings is 3. The molecule has 208 valence electrons. The van der Waals surface area contributed by atoms with Crippen molar-refractivity contribution in [2.75, 3.05) is 18.6 Å². The predicted molar refractivity (Wildman–Crippen MR) is 151 cm³/mol. The van der Waals surface area contributed by atoms with Crippen LogP contribution in [0.25, 0.3) is 5.76 Å². The number of Topliss-reactive ketones (excluding diaryl/α,β-unsaturated/α-hetero) is 1. The van der Waals surface area contributed by atoms with Crippen molar-refractivity contribution in [3.63, 3.8) is 0 Å². The Bertz CT molecular complexity index is 1480. The molecule has 1 fully saturated rings. The third-order valence-electron chi connectivity index (χ3n) is 6.78. The van der Waals surface area contributed by atoms with Crippen molar-refractivity contribution in [2.24, 2.45) is 0 Å². The SMILES string of the molecule is CCOc1ccc(/C(O)=C2/C(=O)C(=O)N(c3ccc(CC(=O)OC)cc3)C2c2cccc(O)c2)cc1C(C)(C)C. The Morgan fingerprint density at radius 1 is 1.00 bits per heavy atom. The average Bonchev–Trinajstić information content (AvgIpc) is 3.18. The van der Waals surface area contributed by atoms with Crippen LogP contribution in [0.2, 0.25) is 0 Å². The molecule has 0 aromatic heterocycles. The van der Waals surface area contributed by atoms with Crippen LogP contribution in [0.4, 0.5) is 5.69 Å². The number of carbonyl (C=O) groups excluding carboxylic acids is 3. The van der Waals surface area contributed by atoms with Gasteiger partial charge in [-0.25, -0.2) is 0 Å². The summed E-state index contributed by atoms with van der Waals surface area (Å²) in [6, 6.07) is 17.0. The van der Waals surface area contributed by atoms with Gasteiger partial charge in [0.15, 0.2) is 0 Å². The monoisotopic (exact) mass is 543 g/mol. The highest BCUT2D eigenvalue weighted by molar-refractivity contribution is 6.51. The van der Waals surface area contributed by atoms with Gasteiger partial charge >= 0.3 is 5.97 Å². The molecular weight excluding hydrogens is 510 g/mol. The van der Waals surface area contributed by atoms with E-state index in [2.05, 4.69) is 0 Å². The minimum absolute atomic E-state index is 0.0485. The molecule has 0 bridgehead atoms. The Morgan fingerprint density at radius 3 is 2.30 bits per heavy atom. The zero-order valence-corrected chi connectivity index (χ0v) is 23.2. The van der Waals surface area contributed by atoms with Crippen LogP contribution in [0.3, 0.4) is 0 Å². The molecule has 1 unspecified atom stereocenters. The molecule has 1 heterocycles. The highest BCUT2D eigenvalue weighted by Crippen LogP contribution is 2.43. The lowest BCUT2D eigenvalue weighted by atomic mass is 9.84. The van der Waals surface area contributed by atoms with E-state index in [1.54, 1.807) is 54.6 Å². The largest absolute Gasteiger partial charge is 0.508 e. The van der Waals surface area contributed by atoms with Gasteiger partial charge in [-0.15, -0.1) is 0 Å².